The molecule has 23 heavy (non-hydrogen) atoms. The van der Waals surface area contributed by atoms with Crippen LogP contribution in [-0.2, 0) is 4.74 Å². The molecule has 0 atom stereocenters. The summed E-state index contributed by atoms with van der Waals surface area (Å²) in [5.74, 6) is 0.780. The van der Waals surface area contributed by atoms with Crippen LogP contribution in [0.3, 0.4) is 0 Å². The third-order valence-corrected chi connectivity index (χ3v) is 4.08. The second-order valence-corrected chi connectivity index (χ2v) is 5.71. The Balaban J connectivity index is 1.83. The number of halogens is 1. The molecule has 6 heteroatoms. The zero-order valence-electron chi connectivity index (χ0n) is 12.4. The van der Waals surface area contributed by atoms with E-state index in [2.05, 4.69) is 32.0 Å². The second-order valence-electron chi connectivity index (χ2n) is 5.37. The number of hydrogen-bond donors (Lipinski definition) is 0. The molecule has 0 radical (unpaired) electrons. The Morgan fingerprint density at radius 3 is 2.57 bits per heavy atom. The van der Waals surface area contributed by atoms with Crippen molar-refractivity contribution in [2.75, 3.05) is 31.2 Å². The Bertz CT molecular complexity index is 835. The van der Waals surface area contributed by atoms with Crippen molar-refractivity contribution in [3.8, 4) is 11.1 Å². The van der Waals surface area contributed by atoms with Gasteiger partial charge in [-0.2, -0.15) is 4.98 Å². The van der Waals surface area contributed by atoms with Crippen LogP contribution < -0.4 is 4.90 Å². The van der Waals surface area contributed by atoms with Crippen molar-refractivity contribution >= 4 is 28.5 Å². The summed E-state index contributed by atoms with van der Waals surface area (Å²) in [6, 6.07) is 12.1. The van der Waals surface area contributed by atoms with Gasteiger partial charge in [0.1, 0.15) is 5.52 Å². The van der Waals surface area contributed by atoms with Crippen LogP contribution in [-0.4, -0.2) is 41.3 Å². The highest BCUT2D eigenvalue weighted by atomic mass is 35.5. The first-order valence-electron chi connectivity index (χ1n) is 7.53. The summed E-state index contributed by atoms with van der Waals surface area (Å²) in [4.78, 5) is 15.5. The summed E-state index contributed by atoms with van der Waals surface area (Å²) < 4.78 is 5.40. The monoisotopic (exact) mass is 326 g/mol. The zero-order valence-corrected chi connectivity index (χ0v) is 13.2. The molecule has 1 aliphatic rings. The number of ether oxygens (including phenoxy) is 1. The van der Waals surface area contributed by atoms with E-state index in [-0.39, 0.29) is 5.28 Å². The molecule has 1 aromatic carbocycles. The quantitative estimate of drug-likeness (QED) is 0.677. The van der Waals surface area contributed by atoms with Crippen LogP contribution in [0.4, 0.5) is 5.82 Å². The molecular formula is C17H15ClN4O. The molecule has 1 saturated heterocycles. The fraction of sp³-hybridized carbons (Fsp3) is 0.235. The first-order chi connectivity index (χ1) is 11.3. The van der Waals surface area contributed by atoms with Crippen LogP contribution in [0.15, 0.2) is 42.6 Å². The molecule has 0 aliphatic carbocycles. The maximum Gasteiger partial charge on any atom is 0.225 e. The number of benzene rings is 1. The molecule has 116 valence electrons. The molecule has 4 rings (SSSR count). The SMILES string of the molecule is Clc1nc(N2CCOCC2)c2ncc(-c3ccccc3)cc2n1. The minimum absolute atomic E-state index is 0.242. The van der Waals surface area contributed by atoms with Gasteiger partial charge in [0, 0.05) is 24.8 Å². The van der Waals surface area contributed by atoms with Crippen LogP contribution >= 0.6 is 11.6 Å². The third kappa shape index (κ3) is 2.85. The molecule has 0 spiro atoms. The highest BCUT2D eigenvalue weighted by Gasteiger charge is 2.18. The zero-order chi connectivity index (χ0) is 15.6. The maximum atomic E-state index is 6.13. The lowest BCUT2D eigenvalue weighted by Crippen LogP contribution is -2.37. The van der Waals surface area contributed by atoms with Gasteiger partial charge in [0.15, 0.2) is 5.82 Å². The smallest absolute Gasteiger partial charge is 0.225 e. The van der Waals surface area contributed by atoms with Crippen molar-refractivity contribution < 1.29 is 4.74 Å². The Hall–Kier alpha value is -2.24. The minimum Gasteiger partial charge on any atom is -0.378 e. The number of anilines is 1. The van der Waals surface area contributed by atoms with E-state index in [0.29, 0.717) is 13.2 Å². The molecular weight excluding hydrogens is 312 g/mol. The van der Waals surface area contributed by atoms with E-state index in [9.17, 15) is 0 Å². The van der Waals surface area contributed by atoms with Gasteiger partial charge in [-0.05, 0) is 23.2 Å². The van der Waals surface area contributed by atoms with Crippen LogP contribution in [0.1, 0.15) is 0 Å². The van der Waals surface area contributed by atoms with Gasteiger partial charge in [-0.3, -0.25) is 4.98 Å². The van der Waals surface area contributed by atoms with Crippen molar-refractivity contribution in [3.05, 3.63) is 47.9 Å². The van der Waals surface area contributed by atoms with E-state index in [4.69, 9.17) is 16.3 Å². The average molecular weight is 327 g/mol. The van der Waals surface area contributed by atoms with Crippen LogP contribution in [0.25, 0.3) is 22.2 Å². The minimum atomic E-state index is 0.242. The molecule has 1 fully saturated rings. The third-order valence-electron chi connectivity index (χ3n) is 3.91. The van der Waals surface area contributed by atoms with E-state index < -0.39 is 0 Å². The Morgan fingerprint density at radius 1 is 1.00 bits per heavy atom. The summed E-state index contributed by atoms with van der Waals surface area (Å²) in [5.41, 5.74) is 3.65. The Morgan fingerprint density at radius 2 is 1.78 bits per heavy atom. The summed E-state index contributed by atoms with van der Waals surface area (Å²) in [5, 5.41) is 0.242. The highest BCUT2D eigenvalue weighted by molar-refractivity contribution is 6.28. The van der Waals surface area contributed by atoms with Gasteiger partial charge in [-0.25, -0.2) is 4.98 Å². The molecule has 3 heterocycles. The van der Waals surface area contributed by atoms with E-state index >= 15 is 0 Å². The van der Waals surface area contributed by atoms with Gasteiger partial charge in [0.05, 0.1) is 18.7 Å². The van der Waals surface area contributed by atoms with Crippen molar-refractivity contribution in [2.24, 2.45) is 0 Å². The predicted octanol–water partition coefficient (Wildman–Crippen LogP) is 3.18. The van der Waals surface area contributed by atoms with Gasteiger partial charge >= 0.3 is 0 Å². The molecule has 0 saturated carbocycles. The fourth-order valence-electron chi connectivity index (χ4n) is 2.76. The van der Waals surface area contributed by atoms with Crippen LogP contribution in [0.5, 0.6) is 0 Å². The number of nitrogens with zero attached hydrogens (tertiary/aromatic N) is 4. The number of fused-ring (bicyclic) bond motifs is 1. The Kier molecular flexibility index (Phi) is 3.81. The molecule has 3 aromatic rings. The van der Waals surface area contributed by atoms with Crippen LogP contribution in [0.2, 0.25) is 5.28 Å². The van der Waals surface area contributed by atoms with Crippen molar-refractivity contribution in [2.45, 2.75) is 0 Å². The van der Waals surface area contributed by atoms with E-state index in [1.165, 1.54) is 0 Å². The molecule has 1 aliphatic heterocycles. The molecule has 0 unspecified atom stereocenters. The lowest BCUT2D eigenvalue weighted by atomic mass is 10.1. The van der Waals surface area contributed by atoms with E-state index in [0.717, 1.165) is 41.1 Å². The summed E-state index contributed by atoms with van der Waals surface area (Å²) in [6.07, 6.45) is 1.86. The number of pyridine rings is 1. The lowest BCUT2D eigenvalue weighted by Gasteiger charge is -2.28. The second kappa shape index (κ2) is 6.10. The average Bonchev–Trinajstić information content (AvgIpc) is 2.62. The molecule has 0 amide bonds. The maximum absolute atomic E-state index is 6.13. The van der Waals surface area contributed by atoms with E-state index in [1.807, 2.05) is 30.5 Å². The molecule has 0 bridgehead atoms. The van der Waals surface area contributed by atoms with Gasteiger partial charge < -0.3 is 9.64 Å². The van der Waals surface area contributed by atoms with Crippen molar-refractivity contribution in [3.63, 3.8) is 0 Å². The number of hydrogen-bond acceptors (Lipinski definition) is 5. The predicted molar refractivity (Wildman–Crippen MR) is 90.8 cm³/mol. The van der Waals surface area contributed by atoms with E-state index in [1.54, 1.807) is 0 Å². The molecule has 2 aromatic heterocycles. The number of aromatic nitrogens is 3. The largest absolute Gasteiger partial charge is 0.378 e. The number of morpholine rings is 1. The summed E-state index contributed by atoms with van der Waals surface area (Å²) in [7, 11) is 0. The summed E-state index contributed by atoms with van der Waals surface area (Å²) >= 11 is 6.13. The standard InChI is InChI=1S/C17H15ClN4O/c18-17-20-14-10-13(12-4-2-1-3-5-12)11-19-15(14)16(21-17)22-6-8-23-9-7-22/h1-5,10-11H,6-9H2. The van der Waals surface area contributed by atoms with Gasteiger partial charge in [-0.1, -0.05) is 30.3 Å². The summed E-state index contributed by atoms with van der Waals surface area (Å²) in [6.45, 7) is 2.94. The van der Waals surface area contributed by atoms with Gasteiger partial charge in [0.2, 0.25) is 5.28 Å². The molecule has 0 N–H and O–H groups in total. The first kappa shape index (κ1) is 14.4. The lowest BCUT2D eigenvalue weighted by molar-refractivity contribution is 0.122. The van der Waals surface area contributed by atoms with Crippen LogP contribution in [0, 0.1) is 0 Å². The topological polar surface area (TPSA) is 51.1 Å². The molecule has 5 nitrogen and oxygen atoms in total. The normalized spacial score (nSPS) is 15.1. The highest BCUT2D eigenvalue weighted by Crippen LogP contribution is 2.28. The van der Waals surface area contributed by atoms with Gasteiger partial charge in [0.25, 0.3) is 0 Å². The fourth-order valence-corrected chi connectivity index (χ4v) is 2.93. The van der Waals surface area contributed by atoms with Crippen molar-refractivity contribution in [1.82, 2.24) is 15.0 Å². The Labute approximate surface area is 138 Å². The first-order valence-corrected chi connectivity index (χ1v) is 7.90. The van der Waals surface area contributed by atoms with Crippen molar-refractivity contribution in [1.29, 1.82) is 0 Å². The number of rotatable bonds is 2. The van der Waals surface area contributed by atoms with Gasteiger partial charge in [-0.15, -0.1) is 0 Å².